The molecule has 1 fully saturated rings. The monoisotopic (exact) mass is 281 g/mol. The van der Waals surface area contributed by atoms with E-state index in [0.29, 0.717) is 6.04 Å². The van der Waals surface area contributed by atoms with Gasteiger partial charge in [0.15, 0.2) is 0 Å². The van der Waals surface area contributed by atoms with Crippen LogP contribution in [0.2, 0.25) is 0 Å². The summed E-state index contributed by atoms with van der Waals surface area (Å²) in [6.45, 7) is 3.29. The molecular formula is C15H27N3S. The molecule has 0 radical (unpaired) electrons. The molecule has 1 atom stereocenters. The summed E-state index contributed by atoms with van der Waals surface area (Å²) >= 11 is 2.15. The Morgan fingerprint density at radius 2 is 2.21 bits per heavy atom. The van der Waals surface area contributed by atoms with Crippen LogP contribution >= 0.6 is 11.8 Å². The summed E-state index contributed by atoms with van der Waals surface area (Å²) in [6.07, 6.45) is 12.2. The van der Waals surface area contributed by atoms with Crippen molar-refractivity contribution in [3.63, 3.8) is 0 Å². The van der Waals surface area contributed by atoms with E-state index in [9.17, 15) is 0 Å². The van der Waals surface area contributed by atoms with E-state index in [1.165, 1.54) is 44.3 Å². The van der Waals surface area contributed by atoms with Crippen molar-refractivity contribution in [1.29, 1.82) is 0 Å². The molecular weight excluding hydrogens is 254 g/mol. The molecule has 1 aliphatic carbocycles. The summed E-state index contributed by atoms with van der Waals surface area (Å²) in [5, 5.41) is 4.52. The van der Waals surface area contributed by atoms with Gasteiger partial charge in [-0.05, 0) is 25.8 Å². The summed E-state index contributed by atoms with van der Waals surface area (Å²) < 4.78 is 2.15. The molecule has 2 rings (SSSR count). The predicted octanol–water partition coefficient (Wildman–Crippen LogP) is 3.53. The van der Waals surface area contributed by atoms with Crippen LogP contribution in [0.25, 0.3) is 0 Å². The summed E-state index contributed by atoms with van der Waals surface area (Å²) in [5.41, 5.74) is 0. The molecule has 1 N–H and O–H groups in total. The molecule has 0 bridgehead atoms. The molecule has 0 spiro atoms. The Kier molecular flexibility index (Phi) is 6.24. The average molecular weight is 281 g/mol. The van der Waals surface area contributed by atoms with E-state index >= 15 is 0 Å². The number of imidazole rings is 1. The second-order valence-corrected chi connectivity index (χ2v) is 6.83. The number of aromatic nitrogens is 2. The molecule has 4 heteroatoms. The molecule has 1 heterocycles. The van der Waals surface area contributed by atoms with Gasteiger partial charge in [-0.1, -0.05) is 26.2 Å². The van der Waals surface area contributed by atoms with Gasteiger partial charge in [0.1, 0.15) is 5.82 Å². The summed E-state index contributed by atoms with van der Waals surface area (Å²) in [5.74, 6) is 2.33. The first-order valence-electron chi connectivity index (χ1n) is 7.63. The number of aryl methyl sites for hydroxylation is 1. The largest absolute Gasteiger partial charge is 0.337 e. The van der Waals surface area contributed by atoms with Crippen LogP contribution in [-0.2, 0) is 7.05 Å². The zero-order chi connectivity index (χ0) is 13.5. The number of nitrogens with one attached hydrogen (secondary N) is 1. The third kappa shape index (κ3) is 4.53. The minimum atomic E-state index is 0.395. The Hall–Kier alpha value is -0.480. The van der Waals surface area contributed by atoms with E-state index in [2.05, 4.69) is 40.6 Å². The second-order valence-electron chi connectivity index (χ2n) is 5.50. The van der Waals surface area contributed by atoms with E-state index < -0.39 is 0 Å². The van der Waals surface area contributed by atoms with E-state index in [1.807, 2.05) is 12.4 Å². The Balaban J connectivity index is 1.88. The average Bonchev–Trinajstić information content (AvgIpc) is 2.86. The third-order valence-corrected chi connectivity index (χ3v) is 5.33. The normalized spacial score (nSPS) is 18.6. The maximum atomic E-state index is 4.52. The zero-order valence-corrected chi connectivity index (χ0v) is 13.1. The number of rotatable bonds is 7. The van der Waals surface area contributed by atoms with Gasteiger partial charge in [0.25, 0.3) is 0 Å². The van der Waals surface area contributed by atoms with Crippen molar-refractivity contribution in [2.24, 2.45) is 7.05 Å². The van der Waals surface area contributed by atoms with Crippen LogP contribution in [0.15, 0.2) is 12.4 Å². The van der Waals surface area contributed by atoms with Gasteiger partial charge in [-0.25, -0.2) is 4.98 Å². The molecule has 0 saturated heterocycles. The van der Waals surface area contributed by atoms with E-state index in [4.69, 9.17) is 0 Å². The molecule has 108 valence electrons. The number of hydrogen-bond donors (Lipinski definition) is 1. The van der Waals surface area contributed by atoms with Crippen LogP contribution in [0, 0.1) is 0 Å². The van der Waals surface area contributed by atoms with Crippen LogP contribution in [0.1, 0.15) is 57.3 Å². The molecule has 1 aliphatic rings. The zero-order valence-electron chi connectivity index (χ0n) is 12.3. The highest BCUT2D eigenvalue weighted by atomic mass is 32.2. The van der Waals surface area contributed by atoms with Gasteiger partial charge in [-0.2, -0.15) is 11.8 Å². The lowest BCUT2D eigenvalue weighted by atomic mass is 10.0. The molecule has 3 nitrogen and oxygen atoms in total. The van der Waals surface area contributed by atoms with Crippen LogP contribution in [0.4, 0.5) is 0 Å². The molecule has 1 aromatic rings. The fraction of sp³-hybridized carbons (Fsp3) is 0.800. The molecule has 1 saturated carbocycles. The van der Waals surface area contributed by atoms with Gasteiger partial charge >= 0.3 is 0 Å². The lowest BCUT2D eigenvalue weighted by molar-refractivity contribution is 0.509. The second kappa shape index (κ2) is 7.95. The highest BCUT2D eigenvalue weighted by Crippen LogP contribution is 2.30. The van der Waals surface area contributed by atoms with E-state index in [1.54, 1.807) is 0 Å². The highest BCUT2D eigenvalue weighted by Gasteiger charge is 2.19. The first kappa shape index (κ1) is 14.9. The predicted molar refractivity (Wildman–Crippen MR) is 83.6 cm³/mol. The van der Waals surface area contributed by atoms with Crippen LogP contribution in [0.5, 0.6) is 0 Å². The summed E-state index contributed by atoms with van der Waals surface area (Å²) in [7, 11) is 2.09. The van der Waals surface area contributed by atoms with Gasteiger partial charge in [-0.15, -0.1) is 0 Å². The lowest BCUT2D eigenvalue weighted by Gasteiger charge is -2.24. The van der Waals surface area contributed by atoms with Crippen molar-refractivity contribution in [3.05, 3.63) is 18.2 Å². The van der Waals surface area contributed by atoms with Gasteiger partial charge in [0.2, 0.25) is 0 Å². The van der Waals surface area contributed by atoms with Crippen LogP contribution in [-0.4, -0.2) is 27.1 Å². The van der Waals surface area contributed by atoms with Crippen molar-refractivity contribution >= 4 is 11.8 Å². The van der Waals surface area contributed by atoms with Gasteiger partial charge in [0, 0.05) is 30.4 Å². The lowest BCUT2D eigenvalue weighted by Crippen LogP contribution is -2.27. The minimum Gasteiger partial charge on any atom is -0.337 e. The fourth-order valence-electron chi connectivity index (χ4n) is 2.72. The van der Waals surface area contributed by atoms with E-state index in [-0.39, 0.29) is 0 Å². The van der Waals surface area contributed by atoms with Gasteiger partial charge in [-0.3, -0.25) is 0 Å². The minimum absolute atomic E-state index is 0.395. The molecule has 0 amide bonds. The first-order chi connectivity index (χ1) is 9.31. The quantitative estimate of drug-likeness (QED) is 0.829. The van der Waals surface area contributed by atoms with Crippen molar-refractivity contribution < 1.29 is 0 Å². The summed E-state index contributed by atoms with van der Waals surface area (Å²) in [6, 6.07) is 0.395. The van der Waals surface area contributed by atoms with Crippen molar-refractivity contribution in [2.45, 2.75) is 56.7 Å². The molecule has 0 aromatic carbocycles. The van der Waals surface area contributed by atoms with Gasteiger partial charge in [0.05, 0.1) is 6.04 Å². The number of hydrogen-bond acceptors (Lipinski definition) is 3. The Morgan fingerprint density at radius 3 is 2.84 bits per heavy atom. The van der Waals surface area contributed by atoms with Crippen LogP contribution in [0.3, 0.4) is 0 Å². The van der Waals surface area contributed by atoms with Crippen molar-refractivity contribution in [1.82, 2.24) is 14.9 Å². The third-order valence-electron chi connectivity index (χ3n) is 3.86. The standard InChI is InChI=1S/C15H27N3S/c1-3-9-16-14(15-17-10-11-18(15)2)12-19-13-7-5-4-6-8-13/h10-11,13-14,16H,3-9,12H2,1-2H3. The topological polar surface area (TPSA) is 29.9 Å². The maximum absolute atomic E-state index is 4.52. The molecule has 0 aliphatic heterocycles. The van der Waals surface area contributed by atoms with E-state index in [0.717, 1.165) is 17.5 Å². The van der Waals surface area contributed by atoms with Crippen molar-refractivity contribution in [2.75, 3.05) is 12.3 Å². The Morgan fingerprint density at radius 1 is 1.42 bits per heavy atom. The number of thioether (sulfide) groups is 1. The Bertz CT molecular complexity index is 358. The summed E-state index contributed by atoms with van der Waals surface area (Å²) in [4.78, 5) is 4.52. The maximum Gasteiger partial charge on any atom is 0.126 e. The SMILES string of the molecule is CCCNC(CSC1CCCCC1)c1nccn1C. The van der Waals surface area contributed by atoms with Crippen molar-refractivity contribution in [3.8, 4) is 0 Å². The van der Waals surface area contributed by atoms with Crippen LogP contribution < -0.4 is 5.32 Å². The smallest absolute Gasteiger partial charge is 0.126 e. The molecule has 1 aromatic heterocycles. The molecule has 1 unspecified atom stereocenters. The number of nitrogens with zero attached hydrogens (tertiary/aromatic N) is 2. The first-order valence-corrected chi connectivity index (χ1v) is 8.68. The van der Waals surface area contributed by atoms with Gasteiger partial charge < -0.3 is 9.88 Å². The highest BCUT2D eigenvalue weighted by molar-refractivity contribution is 7.99. The Labute approximate surface area is 121 Å². The molecule has 19 heavy (non-hydrogen) atoms. The fourth-order valence-corrected chi connectivity index (χ4v) is 4.12.